The van der Waals surface area contributed by atoms with Crippen LogP contribution in [0, 0.1) is 0 Å². The van der Waals surface area contributed by atoms with Crippen LogP contribution in [-0.2, 0) is 33.2 Å². The molecule has 2 aliphatic rings. The molecule has 0 saturated carbocycles. The van der Waals surface area contributed by atoms with Crippen LogP contribution in [0.5, 0.6) is 0 Å². The van der Waals surface area contributed by atoms with Gasteiger partial charge in [0.25, 0.3) is 0 Å². The summed E-state index contributed by atoms with van der Waals surface area (Å²) in [7, 11) is 0. The number of hydrogen-bond acceptors (Lipinski definition) is 14. The second-order valence-corrected chi connectivity index (χ2v) is 24.0. The molecule has 80 heavy (non-hydrogen) atoms. The van der Waals surface area contributed by atoms with Crippen molar-refractivity contribution >= 4 is 5.97 Å². The molecule has 2 aliphatic heterocycles. The lowest BCUT2D eigenvalue weighted by atomic mass is 9.98. The van der Waals surface area contributed by atoms with Crippen molar-refractivity contribution in [2.45, 2.75) is 370 Å². The quantitative estimate of drug-likeness (QED) is 0.0171. The van der Waals surface area contributed by atoms with Crippen molar-refractivity contribution in [1.82, 2.24) is 0 Å². The third kappa shape index (κ3) is 38.6. The Morgan fingerprint density at radius 2 is 0.738 bits per heavy atom. The van der Waals surface area contributed by atoms with Crippen molar-refractivity contribution in [3.8, 4) is 0 Å². The molecule has 0 aromatic heterocycles. The summed E-state index contributed by atoms with van der Waals surface area (Å²) in [5.74, 6) is -0.367. The highest BCUT2D eigenvalue weighted by atomic mass is 16.7. The molecule has 0 aromatic carbocycles. The zero-order chi connectivity index (χ0) is 57.9. The molecule has 2 fully saturated rings. The molecule has 0 aliphatic carbocycles. The van der Waals surface area contributed by atoms with Crippen LogP contribution in [0.3, 0.4) is 0 Å². The molecule has 0 bridgehead atoms. The fourth-order valence-electron chi connectivity index (χ4n) is 11.1. The lowest BCUT2D eigenvalue weighted by Crippen LogP contribution is -2.61. The largest absolute Gasteiger partial charge is 0.457 e. The zero-order valence-electron chi connectivity index (χ0n) is 51.3. The molecule has 11 atom stereocenters. The fraction of sp³-hybridized carbons (Fsp3) is 0.955. The van der Waals surface area contributed by atoms with E-state index in [1.54, 1.807) is 0 Å². The number of aliphatic hydroxyl groups is 7. The van der Waals surface area contributed by atoms with Crippen molar-refractivity contribution in [2.24, 2.45) is 0 Å². The molecule has 0 spiro atoms. The standard InChI is InChI=1S/C66H126O14/c1-3-5-7-9-11-13-15-17-19-21-23-25-26-27-28-29-31-33-35-37-39-41-43-45-47-49-58(68)78-55(52-75-50-48-46-44-42-40-38-36-34-32-30-24-22-20-18-16-14-12-10-8-6-4-2)53-76-65-64(74)62(72)60(70)57(80-65)54-77-66-63(73)61(71)59(69)56(51-67)79-66/h21,23,55-57,59-67,69-74H,3-20,22,24-54H2,1-2H3/b23-21-. The summed E-state index contributed by atoms with van der Waals surface area (Å²) in [5, 5.41) is 72.5. The van der Waals surface area contributed by atoms with Gasteiger partial charge in [0, 0.05) is 13.0 Å². The normalized spacial score (nSPS) is 23.8. The molecule has 0 amide bonds. The summed E-state index contributed by atoms with van der Waals surface area (Å²) < 4.78 is 34.5. The minimum Gasteiger partial charge on any atom is -0.457 e. The first kappa shape index (κ1) is 74.8. The topological polar surface area (TPSA) is 214 Å². The number of ether oxygens (including phenoxy) is 6. The SMILES string of the molecule is CCCCCCCCCC/C=C\CCCCCCCCCCCCCCCC(=O)OC(COCCCCCCCCCCCCCCCCCCCCCCC)COC1OC(COC2OC(CO)C(O)C(O)C2O)C(O)C(O)C1O. The van der Waals surface area contributed by atoms with Crippen molar-refractivity contribution < 1.29 is 69.0 Å². The highest BCUT2D eigenvalue weighted by Gasteiger charge is 2.47. The molecule has 2 rings (SSSR count). The molecule has 2 heterocycles. The predicted molar refractivity (Wildman–Crippen MR) is 321 cm³/mol. The Morgan fingerprint density at radius 1 is 0.400 bits per heavy atom. The van der Waals surface area contributed by atoms with Gasteiger partial charge in [-0.1, -0.05) is 270 Å². The van der Waals surface area contributed by atoms with Gasteiger partial charge in [0.05, 0.1) is 26.4 Å². The smallest absolute Gasteiger partial charge is 0.306 e. The van der Waals surface area contributed by atoms with Gasteiger partial charge < -0.3 is 64.2 Å². The van der Waals surface area contributed by atoms with Crippen LogP contribution in [0.1, 0.15) is 303 Å². The van der Waals surface area contributed by atoms with Crippen LogP contribution in [0.4, 0.5) is 0 Å². The predicted octanol–water partition coefficient (Wildman–Crippen LogP) is 13.7. The Labute approximate surface area is 488 Å². The van der Waals surface area contributed by atoms with Gasteiger partial charge in [0.1, 0.15) is 54.9 Å². The zero-order valence-corrected chi connectivity index (χ0v) is 51.3. The number of allylic oxidation sites excluding steroid dienone is 2. The first-order valence-corrected chi connectivity index (χ1v) is 33.8. The summed E-state index contributed by atoms with van der Waals surface area (Å²) >= 11 is 0. The average molecular weight is 1140 g/mol. The van der Waals surface area contributed by atoms with E-state index in [1.807, 2.05) is 0 Å². The molecule has 14 nitrogen and oxygen atoms in total. The molecule has 11 unspecified atom stereocenters. The van der Waals surface area contributed by atoms with E-state index in [9.17, 15) is 40.5 Å². The van der Waals surface area contributed by atoms with Gasteiger partial charge in [0.15, 0.2) is 12.6 Å². The van der Waals surface area contributed by atoms with Gasteiger partial charge in [-0.05, 0) is 38.5 Å². The molecule has 14 heteroatoms. The van der Waals surface area contributed by atoms with Crippen molar-refractivity contribution in [1.29, 1.82) is 0 Å². The van der Waals surface area contributed by atoms with E-state index in [-0.39, 0.29) is 25.6 Å². The summed E-state index contributed by atoms with van der Waals surface area (Å²) in [5.41, 5.74) is 0. The van der Waals surface area contributed by atoms with Crippen molar-refractivity contribution in [3.05, 3.63) is 12.2 Å². The van der Waals surface area contributed by atoms with Crippen LogP contribution in [0.15, 0.2) is 12.2 Å². The maximum absolute atomic E-state index is 13.1. The number of esters is 1. The number of unbranched alkanes of at least 4 members (excludes halogenated alkanes) is 41. The van der Waals surface area contributed by atoms with E-state index in [1.165, 1.54) is 238 Å². The molecular weight excluding hydrogens is 1020 g/mol. The average Bonchev–Trinajstić information content (AvgIpc) is 3.52. The number of aliphatic hydroxyl groups excluding tert-OH is 7. The van der Waals surface area contributed by atoms with Crippen LogP contribution in [-0.4, -0.2) is 142 Å². The molecule has 0 aromatic rings. The van der Waals surface area contributed by atoms with Gasteiger partial charge in [-0.15, -0.1) is 0 Å². The first-order chi connectivity index (χ1) is 39.1. The third-order valence-electron chi connectivity index (χ3n) is 16.5. The van der Waals surface area contributed by atoms with Crippen molar-refractivity contribution in [3.63, 3.8) is 0 Å². The lowest BCUT2D eigenvalue weighted by molar-refractivity contribution is -0.332. The summed E-state index contributed by atoms with van der Waals surface area (Å²) in [4.78, 5) is 13.1. The van der Waals surface area contributed by atoms with Crippen molar-refractivity contribution in [2.75, 3.05) is 33.0 Å². The maximum Gasteiger partial charge on any atom is 0.306 e. The van der Waals surface area contributed by atoms with E-state index in [0.717, 1.165) is 38.5 Å². The van der Waals surface area contributed by atoms with Crippen LogP contribution in [0.2, 0.25) is 0 Å². The van der Waals surface area contributed by atoms with Crippen LogP contribution >= 0.6 is 0 Å². The Morgan fingerprint density at radius 3 is 1.14 bits per heavy atom. The summed E-state index contributed by atoms with van der Waals surface area (Å²) in [6.45, 7) is 3.78. The number of hydrogen-bond donors (Lipinski definition) is 7. The Bertz CT molecular complexity index is 1370. The number of rotatable bonds is 57. The second kappa shape index (κ2) is 53.2. The highest BCUT2D eigenvalue weighted by Crippen LogP contribution is 2.27. The monoisotopic (exact) mass is 1140 g/mol. The third-order valence-corrected chi connectivity index (χ3v) is 16.5. The molecule has 474 valence electrons. The minimum atomic E-state index is -1.70. The number of carbonyl (C=O) groups excluding carboxylic acids is 1. The minimum absolute atomic E-state index is 0.0691. The Hall–Kier alpha value is -1.27. The van der Waals surface area contributed by atoms with E-state index in [4.69, 9.17) is 28.4 Å². The fourth-order valence-corrected chi connectivity index (χ4v) is 11.1. The number of carbonyl (C=O) groups is 1. The van der Waals surface area contributed by atoms with Gasteiger partial charge >= 0.3 is 5.97 Å². The first-order valence-electron chi connectivity index (χ1n) is 33.8. The maximum atomic E-state index is 13.1. The van der Waals surface area contributed by atoms with Crippen LogP contribution in [0.25, 0.3) is 0 Å². The van der Waals surface area contributed by atoms with Gasteiger partial charge in [-0.2, -0.15) is 0 Å². The van der Waals surface area contributed by atoms with Gasteiger partial charge in [0.2, 0.25) is 0 Å². The second-order valence-electron chi connectivity index (χ2n) is 24.0. The van der Waals surface area contributed by atoms with E-state index < -0.39 is 80.7 Å². The Kier molecular flexibility index (Phi) is 49.8. The summed E-state index contributed by atoms with van der Waals surface area (Å²) in [6.07, 6.45) is 45.7. The lowest BCUT2D eigenvalue weighted by Gasteiger charge is -2.42. The van der Waals surface area contributed by atoms with Gasteiger partial charge in [-0.25, -0.2) is 0 Å². The van der Waals surface area contributed by atoms with E-state index >= 15 is 0 Å². The molecule has 7 N–H and O–H groups in total. The summed E-state index contributed by atoms with van der Waals surface area (Å²) in [6, 6.07) is 0. The van der Waals surface area contributed by atoms with Crippen LogP contribution < -0.4 is 0 Å². The highest BCUT2D eigenvalue weighted by molar-refractivity contribution is 5.69. The van der Waals surface area contributed by atoms with E-state index in [0.29, 0.717) is 13.0 Å². The molecular formula is C66H126O14. The van der Waals surface area contributed by atoms with Gasteiger partial charge in [-0.3, -0.25) is 4.79 Å². The Balaban J connectivity index is 1.64. The molecule has 2 saturated heterocycles. The molecule has 0 radical (unpaired) electrons. The van der Waals surface area contributed by atoms with E-state index in [2.05, 4.69) is 26.0 Å².